The van der Waals surface area contributed by atoms with Crippen LogP contribution in [0.2, 0.25) is 0 Å². The van der Waals surface area contributed by atoms with Gasteiger partial charge < -0.3 is 14.0 Å². The molecule has 0 saturated heterocycles. The zero-order valence-corrected chi connectivity index (χ0v) is 18.7. The van der Waals surface area contributed by atoms with Gasteiger partial charge in [0.25, 0.3) is 5.56 Å². The van der Waals surface area contributed by atoms with Crippen molar-refractivity contribution in [2.24, 2.45) is 0 Å². The van der Waals surface area contributed by atoms with E-state index in [9.17, 15) is 4.79 Å². The van der Waals surface area contributed by atoms with Gasteiger partial charge in [0.2, 0.25) is 6.79 Å². The molecule has 3 aromatic heterocycles. The summed E-state index contributed by atoms with van der Waals surface area (Å²) >= 11 is 0. The Hall–Kier alpha value is -3.94. The molecular formula is C25H23N5O3. The van der Waals surface area contributed by atoms with Crippen molar-refractivity contribution >= 4 is 33.2 Å². The fourth-order valence-electron chi connectivity index (χ4n) is 4.55. The third-order valence-electron chi connectivity index (χ3n) is 6.38. The molecule has 0 unspecified atom stereocenters. The van der Waals surface area contributed by atoms with Gasteiger partial charge in [-0.2, -0.15) is 0 Å². The van der Waals surface area contributed by atoms with Gasteiger partial charge in [-0.15, -0.1) is 0 Å². The van der Waals surface area contributed by atoms with E-state index in [1.807, 2.05) is 60.9 Å². The maximum Gasteiger partial charge on any atom is 0.265 e. The maximum absolute atomic E-state index is 13.7. The molecule has 6 rings (SSSR count). The predicted octanol–water partition coefficient (Wildman–Crippen LogP) is 4.35. The first-order valence-corrected chi connectivity index (χ1v) is 11.1. The van der Waals surface area contributed by atoms with Gasteiger partial charge in [0.1, 0.15) is 16.7 Å². The van der Waals surface area contributed by atoms with Crippen molar-refractivity contribution in [3.63, 3.8) is 0 Å². The van der Waals surface area contributed by atoms with Gasteiger partial charge >= 0.3 is 0 Å². The Bertz CT molecular complexity index is 1620. The lowest BCUT2D eigenvalue weighted by Crippen LogP contribution is -2.26. The maximum atomic E-state index is 13.7. The minimum absolute atomic E-state index is 0.0371. The number of aryl methyl sites for hydroxylation is 1. The molecule has 1 aliphatic heterocycles. The second kappa shape index (κ2) is 7.30. The van der Waals surface area contributed by atoms with Crippen LogP contribution < -0.4 is 15.0 Å². The SMILES string of the molecule is CC[C@H](C)n1c(C)nc2c(c1=O)c1nc3ccccc3nc1n2Cc1ccc2c(c1)OCO2. The number of aromatic nitrogens is 5. The molecule has 0 spiro atoms. The topological polar surface area (TPSA) is 84.1 Å². The Balaban J connectivity index is 1.67. The smallest absolute Gasteiger partial charge is 0.265 e. The summed E-state index contributed by atoms with van der Waals surface area (Å²) in [5, 5.41) is 0.509. The van der Waals surface area contributed by atoms with Crippen molar-refractivity contribution in [3.8, 4) is 11.5 Å². The number of benzene rings is 2. The van der Waals surface area contributed by atoms with Crippen LogP contribution in [0, 0.1) is 6.92 Å². The second-order valence-corrected chi connectivity index (χ2v) is 8.45. The number of para-hydroxylation sites is 2. The van der Waals surface area contributed by atoms with E-state index in [4.69, 9.17) is 24.4 Å². The molecule has 1 atom stereocenters. The lowest BCUT2D eigenvalue weighted by atomic mass is 10.2. The summed E-state index contributed by atoms with van der Waals surface area (Å²) in [5.74, 6) is 2.13. The molecule has 1 aliphatic rings. The van der Waals surface area contributed by atoms with Crippen LogP contribution in [0.1, 0.15) is 37.7 Å². The van der Waals surface area contributed by atoms with Crippen LogP contribution in [0.4, 0.5) is 0 Å². The highest BCUT2D eigenvalue weighted by Crippen LogP contribution is 2.34. The van der Waals surface area contributed by atoms with Gasteiger partial charge in [-0.05, 0) is 50.1 Å². The van der Waals surface area contributed by atoms with Crippen LogP contribution >= 0.6 is 0 Å². The Morgan fingerprint density at radius 3 is 2.55 bits per heavy atom. The molecular weight excluding hydrogens is 418 g/mol. The normalized spacial score (nSPS) is 13.9. The molecule has 0 radical (unpaired) electrons. The van der Waals surface area contributed by atoms with E-state index in [1.165, 1.54) is 0 Å². The summed E-state index contributed by atoms with van der Waals surface area (Å²) in [5.41, 5.74) is 4.27. The Morgan fingerprint density at radius 1 is 1.00 bits per heavy atom. The molecule has 0 aliphatic carbocycles. The average molecular weight is 441 g/mol. The third kappa shape index (κ3) is 2.97. The zero-order valence-electron chi connectivity index (χ0n) is 18.7. The first-order valence-electron chi connectivity index (χ1n) is 11.1. The number of hydrogen-bond acceptors (Lipinski definition) is 6. The standard InChI is InChI=1S/C25H23N5O3/c1-4-14(2)30-15(3)26-23-21(25(30)31)22-24(28-18-8-6-5-7-17(18)27-22)29(23)12-16-9-10-19-20(11-16)33-13-32-19/h5-11,14H,4,12-13H2,1-3H3/t14-/m0/s1. The van der Waals surface area contributed by atoms with E-state index < -0.39 is 0 Å². The molecule has 5 aromatic rings. The molecule has 166 valence electrons. The van der Waals surface area contributed by atoms with E-state index in [-0.39, 0.29) is 18.4 Å². The van der Waals surface area contributed by atoms with Crippen LogP contribution in [0.5, 0.6) is 11.5 Å². The Labute approximate surface area is 189 Å². The highest BCUT2D eigenvalue weighted by molar-refractivity contribution is 6.04. The fourth-order valence-corrected chi connectivity index (χ4v) is 4.55. The summed E-state index contributed by atoms with van der Waals surface area (Å²) in [6.07, 6.45) is 0.832. The monoisotopic (exact) mass is 441 g/mol. The third-order valence-corrected chi connectivity index (χ3v) is 6.38. The van der Waals surface area contributed by atoms with Crippen molar-refractivity contribution in [3.05, 3.63) is 64.2 Å². The number of hydrogen-bond donors (Lipinski definition) is 0. The number of ether oxygens (including phenoxy) is 2. The van der Waals surface area contributed by atoms with Gasteiger partial charge in [0.05, 0.1) is 17.6 Å². The van der Waals surface area contributed by atoms with Crippen LogP contribution in [-0.4, -0.2) is 30.9 Å². The van der Waals surface area contributed by atoms with Gasteiger partial charge in [-0.25, -0.2) is 15.0 Å². The van der Waals surface area contributed by atoms with Crippen LogP contribution in [0.3, 0.4) is 0 Å². The molecule has 0 N–H and O–H groups in total. The highest BCUT2D eigenvalue weighted by atomic mass is 16.7. The first kappa shape index (κ1) is 19.7. The molecule has 8 heteroatoms. The van der Waals surface area contributed by atoms with E-state index in [0.29, 0.717) is 40.3 Å². The second-order valence-electron chi connectivity index (χ2n) is 8.45. The number of fused-ring (bicyclic) bond motifs is 5. The summed E-state index contributed by atoms with van der Waals surface area (Å²) in [4.78, 5) is 28.4. The molecule has 2 aromatic carbocycles. The molecule has 8 nitrogen and oxygen atoms in total. The molecule has 0 amide bonds. The lowest BCUT2D eigenvalue weighted by molar-refractivity contribution is 0.174. The average Bonchev–Trinajstić information content (AvgIpc) is 3.40. The largest absolute Gasteiger partial charge is 0.454 e. The van der Waals surface area contributed by atoms with Gasteiger partial charge in [-0.1, -0.05) is 25.1 Å². The first-order chi connectivity index (χ1) is 16.0. The summed E-state index contributed by atoms with van der Waals surface area (Å²) in [6.45, 7) is 6.68. The van der Waals surface area contributed by atoms with Gasteiger partial charge in [0.15, 0.2) is 22.8 Å². The number of rotatable bonds is 4. The van der Waals surface area contributed by atoms with Crippen LogP contribution in [0.25, 0.3) is 33.2 Å². The predicted molar refractivity (Wildman–Crippen MR) is 126 cm³/mol. The van der Waals surface area contributed by atoms with E-state index in [0.717, 1.165) is 28.8 Å². The minimum atomic E-state index is -0.0779. The van der Waals surface area contributed by atoms with E-state index in [1.54, 1.807) is 4.57 Å². The lowest BCUT2D eigenvalue weighted by Gasteiger charge is -2.16. The van der Waals surface area contributed by atoms with Gasteiger partial charge in [0, 0.05) is 6.04 Å². The van der Waals surface area contributed by atoms with Crippen molar-refractivity contribution in [2.45, 2.75) is 39.8 Å². The molecule has 4 heterocycles. The van der Waals surface area contributed by atoms with Crippen LogP contribution in [0.15, 0.2) is 47.3 Å². The molecule has 33 heavy (non-hydrogen) atoms. The van der Waals surface area contributed by atoms with E-state index in [2.05, 4.69) is 6.92 Å². The fraction of sp³-hybridized carbons (Fsp3) is 0.280. The molecule has 0 fully saturated rings. The van der Waals surface area contributed by atoms with Crippen molar-refractivity contribution in [1.29, 1.82) is 0 Å². The summed E-state index contributed by atoms with van der Waals surface area (Å²) in [7, 11) is 0. The molecule has 0 bridgehead atoms. The van der Waals surface area contributed by atoms with E-state index >= 15 is 0 Å². The van der Waals surface area contributed by atoms with Crippen molar-refractivity contribution in [1.82, 2.24) is 24.1 Å². The Morgan fingerprint density at radius 2 is 1.76 bits per heavy atom. The van der Waals surface area contributed by atoms with Gasteiger partial charge in [-0.3, -0.25) is 9.36 Å². The summed E-state index contributed by atoms with van der Waals surface area (Å²) in [6, 6.07) is 13.6. The number of nitrogens with zero attached hydrogens (tertiary/aromatic N) is 5. The quantitative estimate of drug-likeness (QED) is 0.412. The Kier molecular flexibility index (Phi) is 4.36. The molecule has 0 saturated carbocycles. The minimum Gasteiger partial charge on any atom is -0.454 e. The van der Waals surface area contributed by atoms with Crippen molar-refractivity contribution < 1.29 is 9.47 Å². The highest BCUT2D eigenvalue weighted by Gasteiger charge is 2.23. The summed E-state index contributed by atoms with van der Waals surface area (Å²) < 4.78 is 14.8. The zero-order chi connectivity index (χ0) is 22.7. The van der Waals surface area contributed by atoms with Crippen LogP contribution in [-0.2, 0) is 6.54 Å². The van der Waals surface area contributed by atoms with Crippen molar-refractivity contribution in [2.75, 3.05) is 6.79 Å².